The number of pyridine rings is 1. The van der Waals surface area contributed by atoms with Crippen LogP contribution in [-0.4, -0.2) is 33.6 Å². The number of hydrogen-bond donors (Lipinski definition) is 3. The monoisotopic (exact) mass is 482 g/mol. The third-order valence-corrected chi connectivity index (χ3v) is 4.91. The van der Waals surface area contributed by atoms with E-state index in [1.54, 1.807) is 6.07 Å². The Hall–Kier alpha value is -2.39. The zero-order valence-electron chi connectivity index (χ0n) is 13.2. The van der Waals surface area contributed by atoms with Gasteiger partial charge in [0.15, 0.2) is 11.4 Å². The molecule has 0 aliphatic rings. The molecule has 3 aromatic rings. The minimum atomic E-state index is -1.20. The Morgan fingerprint density at radius 2 is 1.85 bits per heavy atom. The molecule has 132 valence electrons. The highest BCUT2D eigenvalue weighted by molar-refractivity contribution is 14.1. The predicted molar refractivity (Wildman–Crippen MR) is 107 cm³/mol. The number of nitrogens with one attached hydrogen (secondary N) is 1. The van der Waals surface area contributed by atoms with Gasteiger partial charge in [0, 0.05) is 19.9 Å². The molecule has 0 unspecified atom stereocenters. The molecule has 8 heteroatoms. The molecule has 0 aliphatic heterocycles. The lowest BCUT2D eigenvalue weighted by Crippen LogP contribution is -2.30. The number of halogens is 2. The predicted octanol–water partition coefficient (Wildman–Crippen LogP) is 3.68. The molecule has 3 rings (SSSR count). The number of carboxylic acid groups (broad SMARTS) is 1. The summed E-state index contributed by atoms with van der Waals surface area (Å²) in [6.07, 6.45) is 0. The number of carboxylic acids is 1. The molecule has 0 atom stereocenters. The second kappa shape index (κ2) is 7.46. The minimum Gasteiger partial charge on any atom is -0.505 e. The summed E-state index contributed by atoms with van der Waals surface area (Å²) >= 11 is 8.37. The van der Waals surface area contributed by atoms with Crippen LogP contribution in [-0.2, 0) is 4.79 Å². The van der Waals surface area contributed by atoms with Gasteiger partial charge < -0.3 is 15.5 Å². The molecular weight excluding hydrogens is 471 g/mol. The smallest absolute Gasteiger partial charge is 0.322 e. The molecule has 2 aromatic carbocycles. The molecule has 0 spiro atoms. The number of nitrogens with zero attached hydrogens (tertiary/aromatic N) is 1. The Kier molecular flexibility index (Phi) is 5.28. The van der Waals surface area contributed by atoms with Gasteiger partial charge >= 0.3 is 5.97 Å². The molecule has 6 nitrogen and oxygen atoms in total. The third kappa shape index (κ3) is 3.45. The molecule has 0 saturated heterocycles. The van der Waals surface area contributed by atoms with Gasteiger partial charge in [0.05, 0.1) is 0 Å². The number of benzene rings is 2. The molecule has 26 heavy (non-hydrogen) atoms. The largest absolute Gasteiger partial charge is 0.505 e. The van der Waals surface area contributed by atoms with Gasteiger partial charge in [-0.15, -0.1) is 0 Å². The molecule has 1 heterocycles. The van der Waals surface area contributed by atoms with Crippen LogP contribution < -0.4 is 5.32 Å². The molecule has 1 amide bonds. The lowest BCUT2D eigenvalue weighted by molar-refractivity contribution is -0.135. The zero-order valence-corrected chi connectivity index (χ0v) is 16.1. The first kappa shape index (κ1) is 18.4. The van der Waals surface area contributed by atoms with E-state index in [2.05, 4.69) is 32.9 Å². The standard InChI is InChI=1S/C18H12ClIN2O4/c19-17-10-6-7-11(20)13(9-4-2-1-3-5-9)14(10)16(25)15(22-17)18(26)21-8-12(23)24/h1-7,25H,8H2,(H,21,26)(H,23,24). The van der Waals surface area contributed by atoms with Crippen LogP contribution >= 0.6 is 34.2 Å². The Morgan fingerprint density at radius 1 is 1.15 bits per heavy atom. The summed E-state index contributed by atoms with van der Waals surface area (Å²) in [5, 5.41) is 22.6. The number of carbonyl (C=O) groups excluding carboxylic acids is 1. The first-order valence-corrected chi connectivity index (χ1v) is 8.92. The van der Waals surface area contributed by atoms with Gasteiger partial charge in [-0.2, -0.15) is 0 Å². The number of aliphatic carboxylic acids is 1. The first-order valence-electron chi connectivity index (χ1n) is 7.46. The lowest BCUT2D eigenvalue weighted by Gasteiger charge is -2.14. The van der Waals surface area contributed by atoms with Crippen molar-refractivity contribution in [3.8, 4) is 16.9 Å². The Morgan fingerprint density at radius 3 is 2.50 bits per heavy atom. The number of amides is 1. The van der Waals surface area contributed by atoms with E-state index >= 15 is 0 Å². The van der Waals surface area contributed by atoms with E-state index in [0.717, 1.165) is 14.7 Å². The van der Waals surface area contributed by atoms with Crippen molar-refractivity contribution in [1.29, 1.82) is 0 Å². The van der Waals surface area contributed by atoms with Crippen molar-refractivity contribution in [2.24, 2.45) is 0 Å². The van der Waals surface area contributed by atoms with Crippen LogP contribution in [0.3, 0.4) is 0 Å². The fraction of sp³-hybridized carbons (Fsp3) is 0.0556. The maximum atomic E-state index is 12.2. The van der Waals surface area contributed by atoms with Gasteiger partial charge in [-0.05, 0) is 34.2 Å². The van der Waals surface area contributed by atoms with Crippen molar-refractivity contribution in [3.05, 3.63) is 56.9 Å². The summed E-state index contributed by atoms with van der Waals surface area (Å²) in [6, 6.07) is 12.9. The molecule has 0 fully saturated rings. The average molecular weight is 483 g/mol. The summed E-state index contributed by atoms with van der Waals surface area (Å²) < 4.78 is 0.857. The van der Waals surface area contributed by atoms with Crippen LogP contribution in [0.15, 0.2) is 42.5 Å². The van der Waals surface area contributed by atoms with Crippen LogP contribution in [0.1, 0.15) is 10.5 Å². The number of carbonyl (C=O) groups is 2. The second-order valence-electron chi connectivity index (χ2n) is 5.39. The van der Waals surface area contributed by atoms with Gasteiger partial charge in [0.1, 0.15) is 11.7 Å². The van der Waals surface area contributed by atoms with Crippen LogP contribution in [0.4, 0.5) is 0 Å². The number of aromatic nitrogens is 1. The average Bonchev–Trinajstić information content (AvgIpc) is 2.63. The van der Waals surface area contributed by atoms with Gasteiger partial charge in [-0.1, -0.05) is 48.0 Å². The molecule has 1 aromatic heterocycles. The van der Waals surface area contributed by atoms with Crippen LogP contribution in [0.5, 0.6) is 5.75 Å². The summed E-state index contributed by atoms with van der Waals surface area (Å²) in [5.74, 6) is -2.36. The highest BCUT2D eigenvalue weighted by Gasteiger charge is 2.22. The lowest BCUT2D eigenvalue weighted by atomic mass is 9.98. The number of hydrogen-bond acceptors (Lipinski definition) is 4. The van der Waals surface area contributed by atoms with Crippen molar-refractivity contribution in [3.63, 3.8) is 0 Å². The van der Waals surface area contributed by atoms with Crippen LogP contribution in [0.25, 0.3) is 21.9 Å². The summed E-state index contributed by atoms with van der Waals surface area (Å²) in [6.45, 7) is -0.590. The maximum absolute atomic E-state index is 12.2. The van der Waals surface area contributed by atoms with Crippen molar-refractivity contribution < 1.29 is 19.8 Å². The summed E-state index contributed by atoms with van der Waals surface area (Å²) in [4.78, 5) is 26.9. The summed E-state index contributed by atoms with van der Waals surface area (Å²) in [5.41, 5.74) is 1.25. The number of aromatic hydroxyl groups is 1. The Bertz CT molecular complexity index is 1020. The van der Waals surface area contributed by atoms with E-state index in [1.807, 2.05) is 36.4 Å². The van der Waals surface area contributed by atoms with Gasteiger partial charge in [0.25, 0.3) is 5.91 Å². The zero-order chi connectivity index (χ0) is 18.8. The van der Waals surface area contributed by atoms with Crippen molar-refractivity contribution in [1.82, 2.24) is 10.3 Å². The van der Waals surface area contributed by atoms with Gasteiger partial charge in [0.2, 0.25) is 0 Å². The van der Waals surface area contributed by atoms with Crippen molar-refractivity contribution in [2.75, 3.05) is 6.54 Å². The molecule has 0 radical (unpaired) electrons. The van der Waals surface area contributed by atoms with Crippen molar-refractivity contribution >= 4 is 56.8 Å². The van der Waals surface area contributed by atoms with Crippen LogP contribution in [0.2, 0.25) is 5.15 Å². The topological polar surface area (TPSA) is 99.5 Å². The minimum absolute atomic E-state index is 0.0480. The second-order valence-corrected chi connectivity index (χ2v) is 6.91. The molecule has 0 bridgehead atoms. The highest BCUT2D eigenvalue weighted by atomic mass is 127. The van der Waals surface area contributed by atoms with E-state index in [1.165, 1.54) is 0 Å². The first-order chi connectivity index (χ1) is 12.4. The van der Waals surface area contributed by atoms with E-state index in [9.17, 15) is 14.7 Å². The quantitative estimate of drug-likeness (QED) is 0.389. The van der Waals surface area contributed by atoms with Crippen molar-refractivity contribution in [2.45, 2.75) is 0 Å². The molecule has 3 N–H and O–H groups in total. The number of fused-ring (bicyclic) bond motifs is 1. The van der Waals surface area contributed by atoms with Crippen LogP contribution in [0, 0.1) is 3.57 Å². The van der Waals surface area contributed by atoms with E-state index in [-0.39, 0.29) is 16.6 Å². The normalized spacial score (nSPS) is 10.7. The molecule has 0 saturated carbocycles. The Labute approximate surface area is 167 Å². The van der Waals surface area contributed by atoms with Gasteiger partial charge in [-0.25, -0.2) is 4.98 Å². The van der Waals surface area contributed by atoms with E-state index in [0.29, 0.717) is 10.8 Å². The number of rotatable bonds is 4. The van der Waals surface area contributed by atoms with E-state index in [4.69, 9.17) is 16.7 Å². The van der Waals surface area contributed by atoms with E-state index < -0.39 is 18.4 Å². The Balaban J connectivity index is 2.27. The molecule has 0 aliphatic carbocycles. The fourth-order valence-corrected chi connectivity index (χ4v) is 3.61. The third-order valence-electron chi connectivity index (χ3n) is 3.73. The maximum Gasteiger partial charge on any atom is 0.322 e. The highest BCUT2D eigenvalue weighted by Crippen LogP contribution is 2.41. The summed E-state index contributed by atoms with van der Waals surface area (Å²) in [7, 11) is 0. The SMILES string of the molecule is O=C(O)CNC(=O)c1nc(Cl)c2ccc(I)c(-c3ccccc3)c2c1O. The fourth-order valence-electron chi connectivity index (χ4n) is 2.61. The molecular formula is C18H12ClIN2O4. The van der Waals surface area contributed by atoms with Gasteiger partial charge in [-0.3, -0.25) is 9.59 Å².